The second-order valence-corrected chi connectivity index (χ2v) is 3.97. The van der Waals surface area contributed by atoms with Gasteiger partial charge in [0.2, 0.25) is 5.91 Å². The summed E-state index contributed by atoms with van der Waals surface area (Å²) in [5, 5.41) is 8.50. The van der Waals surface area contributed by atoms with Crippen molar-refractivity contribution in [1.82, 2.24) is 4.90 Å². The fourth-order valence-electron chi connectivity index (χ4n) is 1.50. The highest BCUT2D eigenvalue weighted by Crippen LogP contribution is 2.03. The number of nitrogens with zero attached hydrogens (tertiary/aromatic N) is 1. The Morgan fingerprint density at radius 1 is 1.24 bits per heavy atom. The summed E-state index contributed by atoms with van der Waals surface area (Å²) in [6.07, 6.45) is 0.958. The summed E-state index contributed by atoms with van der Waals surface area (Å²) < 4.78 is 0. The van der Waals surface area contributed by atoms with Crippen LogP contribution in [0.25, 0.3) is 0 Å². The van der Waals surface area contributed by atoms with Gasteiger partial charge in [0.05, 0.1) is 6.42 Å². The van der Waals surface area contributed by atoms with Gasteiger partial charge in [-0.2, -0.15) is 0 Å². The largest absolute Gasteiger partial charge is 0.481 e. The zero-order valence-electron chi connectivity index (χ0n) is 9.93. The molecule has 0 aliphatic carbocycles. The summed E-state index contributed by atoms with van der Waals surface area (Å²) in [6, 6.07) is 9.51. The van der Waals surface area contributed by atoms with Gasteiger partial charge in [0.1, 0.15) is 0 Å². The number of aliphatic carboxylic acids is 1. The number of benzene rings is 1. The minimum atomic E-state index is -0.825. The standard InChI is InChI=1S/C13H17NO3/c1-14(9-5-8-13(16)17)12(15)10-11-6-3-2-4-7-11/h2-4,6-7H,5,8-10H2,1H3,(H,16,17). The molecule has 0 fully saturated rings. The van der Waals surface area contributed by atoms with Crippen LogP contribution in [-0.2, 0) is 16.0 Å². The minimum absolute atomic E-state index is 0.0154. The van der Waals surface area contributed by atoms with Gasteiger partial charge in [0.25, 0.3) is 0 Å². The lowest BCUT2D eigenvalue weighted by Gasteiger charge is -2.16. The fraction of sp³-hybridized carbons (Fsp3) is 0.385. The molecule has 0 saturated carbocycles. The van der Waals surface area contributed by atoms with Crippen LogP contribution in [-0.4, -0.2) is 35.5 Å². The van der Waals surface area contributed by atoms with Crippen LogP contribution in [0.1, 0.15) is 18.4 Å². The van der Waals surface area contributed by atoms with Crippen molar-refractivity contribution < 1.29 is 14.7 Å². The van der Waals surface area contributed by atoms with Crippen molar-refractivity contribution in [2.75, 3.05) is 13.6 Å². The van der Waals surface area contributed by atoms with Gasteiger partial charge in [-0.1, -0.05) is 30.3 Å². The molecule has 0 spiro atoms. The van der Waals surface area contributed by atoms with E-state index in [9.17, 15) is 9.59 Å². The van der Waals surface area contributed by atoms with Gasteiger partial charge in [-0.3, -0.25) is 9.59 Å². The number of carboxylic acids is 1. The zero-order chi connectivity index (χ0) is 12.7. The number of likely N-dealkylation sites (N-methyl/N-ethyl adjacent to an activating group) is 1. The molecule has 0 radical (unpaired) electrons. The number of carbonyl (C=O) groups excluding carboxylic acids is 1. The average Bonchev–Trinajstić information content (AvgIpc) is 2.29. The Morgan fingerprint density at radius 3 is 2.47 bits per heavy atom. The Balaban J connectivity index is 2.34. The van der Waals surface area contributed by atoms with E-state index in [1.54, 1.807) is 11.9 Å². The van der Waals surface area contributed by atoms with Gasteiger partial charge in [0, 0.05) is 20.0 Å². The van der Waals surface area contributed by atoms with Crippen LogP contribution in [0, 0.1) is 0 Å². The van der Waals surface area contributed by atoms with E-state index < -0.39 is 5.97 Å². The van der Waals surface area contributed by atoms with Crippen LogP contribution in [0.15, 0.2) is 30.3 Å². The number of hydrogen-bond donors (Lipinski definition) is 1. The molecule has 1 aromatic carbocycles. The number of hydrogen-bond acceptors (Lipinski definition) is 2. The van der Waals surface area contributed by atoms with E-state index in [2.05, 4.69) is 0 Å². The molecular weight excluding hydrogens is 218 g/mol. The third-order valence-electron chi connectivity index (χ3n) is 2.51. The fourth-order valence-corrected chi connectivity index (χ4v) is 1.50. The van der Waals surface area contributed by atoms with E-state index in [0.29, 0.717) is 19.4 Å². The molecule has 0 aliphatic heterocycles. The van der Waals surface area contributed by atoms with Crippen molar-refractivity contribution in [2.45, 2.75) is 19.3 Å². The molecule has 92 valence electrons. The van der Waals surface area contributed by atoms with Crippen LogP contribution in [0.4, 0.5) is 0 Å². The molecule has 0 unspecified atom stereocenters. The monoisotopic (exact) mass is 235 g/mol. The third-order valence-corrected chi connectivity index (χ3v) is 2.51. The summed E-state index contributed by atoms with van der Waals surface area (Å²) in [6.45, 7) is 0.484. The van der Waals surface area contributed by atoms with Crippen molar-refractivity contribution >= 4 is 11.9 Å². The molecule has 1 N–H and O–H groups in total. The first-order valence-corrected chi connectivity index (χ1v) is 5.59. The Kier molecular flexibility index (Phi) is 5.20. The third kappa shape index (κ3) is 5.15. The van der Waals surface area contributed by atoms with Gasteiger partial charge >= 0.3 is 5.97 Å². The Bertz CT molecular complexity index is 376. The molecule has 1 amide bonds. The lowest BCUT2D eigenvalue weighted by Crippen LogP contribution is -2.29. The highest BCUT2D eigenvalue weighted by atomic mass is 16.4. The normalized spacial score (nSPS) is 9.94. The van der Waals surface area contributed by atoms with Crippen molar-refractivity contribution in [3.8, 4) is 0 Å². The van der Waals surface area contributed by atoms with Crippen molar-refractivity contribution in [3.63, 3.8) is 0 Å². The van der Waals surface area contributed by atoms with E-state index in [1.165, 1.54) is 0 Å². The Morgan fingerprint density at radius 2 is 1.88 bits per heavy atom. The van der Waals surface area contributed by atoms with Crippen LogP contribution in [0.2, 0.25) is 0 Å². The molecule has 0 bridgehead atoms. The lowest BCUT2D eigenvalue weighted by atomic mass is 10.1. The molecule has 4 heteroatoms. The molecule has 1 aromatic rings. The Labute approximate surface area is 101 Å². The van der Waals surface area contributed by atoms with Crippen LogP contribution in [0.5, 0.6) is 0 Å². The maximum Gasteiger partial charge on any atom is 0.303 e. The van der Waals surface area contributed by atoms with Gasteiger partial charge in [-0.15, -0.1) is 0 Å². The number of amides is 1. The summed E-state index contributed by atoms with van der Waals surface area (Å²) in [7, 11) is 1.70. The van der Waals surface area contributed by atoms with E-state index in [1.807, 2.05) is 30.3 Å². The maximum absolute atomic E-state index is 11.8. The SMILES string of the molecule is CN(CCCC(=O)O)C(=O)Cc1ccccc1. The molecule has 0 atom stereocenters. The first-order chi connectivity index (χ1) is 8.09. The highest BCUT2D eigenvalue weighted by molar-refractivity contribution is 5.78. The van der Waals surface area contributed by atoms with Crippen LogP contribution < -0.4 is 0 Å². The van der Waals surface area contributed by atoms with Crippen molar-refractivity contribution in [1.29, 1.82) is 0 Å². The number of carboxylic acid groups (broad SMARTS) is 1. The summed E-state index contributed by atoms with van der Waals surface area (Å²) in [5.74, 6) is -0.810. The van der Waals surface area contributed by atoms with Gasteiger partial charge < -0.3 is 10.0 Å². The summed E-state index contributed by atoms with van der Waals surface area (Å²) in [5.41, 5.74) is 0.975. The van der Waals surface area contributed by atoms with Gasteiger partial charge in [0.15, 0.2) is 0 Å². The topological polar surface area (TPSA) is 57.6 Å². The average molecular weight is 235 g/mol. The second-order valence-electron chi connectivity index (χ2n) is 3.97. The molecule has 1 rings (SSSR count). The highest BCUT2D eigenvalue weighted by Gasteiger charge is 2.09. The maximum atomic E-state index is 11.8. The number of carbonyl (C=O) groups is 2. The summed E-state index contributed by atoms with van der Waals surface area (Å²) in [4.78, 5) is 23.7. The number of rotatable bonds is 6. The van der Waals surface area contributed by atoms with Crippen LogP contribution in [0.3, 0.4) is 0 Å². The lowest BCUT2D eigenvalue weighted by molar-refractivity contribution is -0.138. The quantitative estimate of drug-likeness (QED) is 0.814. The molecule has 0 aliphatic rings. The molecule has 0 aromatic heterocycles. The Hall–Kier alpha value is -1.84. The van der Waals surface area contributed by atoms with Crippen molar-refractivity contribution in [2.24, 2.45) is 0 Å². The van der Waals surface area contributed by atoms with Crippen molar-refractivity contribution in [3.05, 3.63) is 35.9 Å². The molecule has 0 heterocycles. The smallest absolute Gasteiger partial charge is 0.303 e. The molecule has 4 nitrogen and oxygen atoms in total. The molecular formula is C13H17NO3. The minimum Gasteiger partial charge on any atom is -0.481 e. The van der Waals surface area contributed by atoms with Crippen LogP contribution >= 0.6 is 0 Å². The summed E-state index contributed by atoms with van der Waals surface area (Å²) >= 11 is 0. The molecule has 0 saturated heterocycles. The van der Waals surface area contributed by atoms with Gasteiger partial charge in [-0.25, -0.2) is 0 Å². The second kappa shape index (κ2) is 6.68. The van der Waals surface area contributed by atoms with Gasteiger partial charge in [-0.05, 0) is 12.0 Å². The van der Waals surface area contributed by atoms with E-state index >= 15 is 0 Å². The zero-order valence-corrected chi connectivity index (χ0v) is 9.93. The van der Waals surface area contributed by atoms with E-state index in [0.717, 1.165) is 5.56 Å². The van der Waals surface area contributed by atoms with E-state index in [4.69, 9.17) is 5.11 Å². The predicted octanol–water partition coefficient (Wildman–Crippen LogP) is 1.55. The predicted molar refractivity (Wildman–Crippen MR) is 64.7 cm³/mol. The first kappa shape index (κ1) is 13.2. The molecule has 17 heavy (non-hydrogen) atoms. The van der Waals surface area contributed by atoms with E-state index in [-0.39, 0.29) is 12.3 Å². The first-order valence-electron chi connectivity index (χ1n) is 5.59.